The zero-order valence-corrected chi connectivity index (χ0v) is 60.6. The molecule has 0 aliphatic rings. The Morgan fingerprint density at radius 2 is 0.533 bits per heavy atom. The molecule has 4 unspecified atom stereocenters. The molecule has 0 aromatic carbocycles. The van der Waals surface area contributed by atoms with Crippen molar-refractivity contribution in [1.82, 2.24) is 0 Å². The fourth-order valence-electron chi connectivity index (χ4n) is 10.6. The van der Waals surface area contributed by atoms with Gasteiger partial charge < -0.3 is 33.8 Å². The largest absolute Gasteiger partial charge is 0.472 e. The van der Waals surface area contributed by atoms with Gasteiger partial charge in [0.25, 0.3) is 0 Å². The summed E-state index contributed by atoms with van der Waals surface area (Å²) in [6, 6.07) is 0. The van der Waals surface area contributed by atoms with E-state index in [1.807, 2.05) is 0 Å². The summed E-state index contributed by atoms with van der Waals surface area (Å²) in [7, 11) is -9.90. The van der Waals surface area contributed by atoms with Crippen LogP contribution in [0.2, 0.25) is 0 Å². The first-order valence-corrected chi connectivity index (χ1v) is 39.8. The Morgan fingerprint density at radius 1 is 0.311 bits per heavy atom. The van der Waals surface area contributed by atoms with Crippen LogP contribution in [0.5, 0.6) is 0 Å². The summed E-state index contributed by atoms with van der Waals surface area (Å²) in [6.45, 7) is 14.0. The highest BCUT2D eigenvalue weighted by molar-refractivity contribution is 7.47. The first-order valence-electron chi connectivity index (χ1n) is 36.8. The number of aliphatic hydroxyl groups is 1. The molecule has 0 aliphatic heterocycles. The molecule has 0 aliphatic carbocycles. The average molecular weight is 1330 g/mol. The molecule has 0 aromatic heterocycles. The molecule has 0 rings (SSSR count). The maximum absolute atomic E-state index is 13.0. The van der Waals surface area contributed by atoms with Crippen LogP contribution in [0.15, 0.2) is 0 Å². The van der Waals surface area contributed by atoms with E-state index in [0.717, 1.165) is 115 Å². The molecule has 3 N–H and O–H groups in total. The molecule has 0 saturated heterocycles. The summed E-state index contributed by atoms with van der Waals surface area (Å²) in [5.41, 5.74) is 0. The van der Waals surface area contributed by atoms with Crippen molar-refractivity contribution >= 4 is 39.5 Å². The van der Waals surface area contributed by atoms with E-state index in [1.165, 1.54) is 141 Å². The van der Waals surface area contributed by atoms with E-state index in [1.54, 1.807) is 0 Å². The van der Waals surface area contributed by atoms with Gasteiger partial charge in [0, 0.05) is 25.7 Å². The van der Waals surface area contributed by atoms with Gasteiger partial charge in [-0.1, -0.05) is 299 Å². The van der Waals surface area contributed by atoms with E-state index < -0.39 is 97.5 Å². The fourth-order valence-corrected chi connectivity index (χ4v) is 12.2. The second kappa shape index (κ2) is 60.7. The SMILES string of the molecule is CCC(C)CCCCCCCCCCCCCCCCCCCCC(=O)O[C@H](COC(=O)CCCCCCCCC(C)C)COP(=O)(O)OC[C@@H](O)COP(=O)(O)OC[C@@H](COC(=O)CCCCCCCCC(C)C)OC(=O)CCCCCCCCC(C)CC. The molecule has 0 bridgehead atoms. The third-order valence-corrected chi connectivity index (χ3v) is 18.9. The first-order chi connectivity index (χ1) is 43.2. The Kier molecular flexibility index (Phi) is 59.4. The van der Waals surface area contributed by atoms with Gasteiger partial charge in [0.15, 0.2) is 12.2 Å². The Hall–Kier alpha value is -1.94. The van der Waals surface area contributed by atoms with Crippen LogP contribution in [-0.2, 0) is 65.4 Å². The van der Waals surface area contributed by atoms with Gasteiger partial charge in [0.2, 0.25) is 0 Å². The molecule has 19 heteroatoms. The number of aliphatic hydroxyl groups excluding tert-OH is 1. The number of rotatable bonds is 68. The number of hydrogen-bond donors (Lipinski definition) is 3. The van der Waals surface area contributed by atoms with E-state index in [0.29, 0.717) is 37.5 Å². The number of carbonyl (C=O) groups is 4. The maximum Gasteiger partial charge on any atom is 0.472 e. The van der Waals surface area contributed by atoms with Crippen molar-refractivity contribution in [2.75, 3.05) is 39.6 Å². The van der Waals surface area contributed by atoms with Crippen LogP contribution in [0.25, 0.3) is 0 Å². The molecule has 17 nitrogen and oxygen atoms in total. The third-order valence-electron chi connectivity index (χ3n) is 17.0. The first kappa shape index (κ1) is 88.1. The van der Waals surface area contributed by atoms with Gasteiger partial charge in [0.05, 0.1) is 26.4 Å². The normalized spacial score (nSPS) is 14.9. The quantitative estimate of drug-likeness (QED) is 0.0222. The minimum absolute atomic E-state index is 0.101. The van der Waals surface area contributed by atoms with Crippen molar-refractivity contribution in [3.8, 4) is 0 Å². The highest BCUT2D eigenvalue weighted by atomic mass is 31.2. The third kappa shape index (κ3) is 62.2. The Balaban J connectivity index is 5.12. The summed E-state index contributed by atoms with van der Waals surface area (Å²) in [5.74, 6) is 0.813. The van der Waals surface area contributed by atoms with Gasteiger partial charge in [-0.2, -0.15) is 0 Å². The summed E-state index contributed by atoms with van der Waals surface area (Å²) >= 11 is 0. The molecule has 90 heavy (non-hydrogen) atoms. The molecule has 0 amide bonds. The smallest absolute Gasteiger partial charge is 0.462 e. The topological polar surface area (TPSA) is 237 Å². The van der Waals surface area contributed by atoms with Crippen LogP contribution in [0.1, 0.15) is 351 Å². The van der Waals surface area contributed by atoms with Crippen LogP contribution in [0.4, 0.5) is 0 Å². The predicted octanol–water partition coefficient (Wildman–Crippen LogP) is 20.1. The highest BCUT2D eigenvalue weighted by Crippen LogP contribution is 2.45. The highest BCUT2D eigenvalue weighted by Gasteiger charge is 2.30. The summed E-state index contributed by atoms with van der Waals surface area (Å²) in [5, 5.41) is 10.6. The Bertz CT molecular complexity index is 1790. The zero-order valence-electron chi connectivity index (χ0n) is 58.8. The predicted molar refractivity (Wildman–Crippen MR) is 363 cm³/mol. The summed E-state index contributed by atoms with van der Waals surface area (Å²) in [4.78, 5) is 72.4. The molecule has 0 aromatic rings. The Labute approximate surface area is 549 Å². The van der Waals surface area contributed by atoms with Gasteiger partial charge in [-0.25, -0.2) is 9.13 Å². The van der Waals surface area contributed by atoms with Crippen LogP contribution in [-0.4, -0.2) is 96.7 Å². The fraction of sp³-hybridized carbons (Fsp3) is 0.944. The van der Waals surface area contributed by atoms with Crippen molar-refractivity contribution in [3.05, 3.63) is 0 Å². The van der Waals surface area contributed by atoms with Gasteiger partial charge in [-0.05, 0) is 49.4 Å². The molecule has 0 saturated carbocycles. The zero-order chi connectivity index (χ0) is 66.8. The van der Waals surface area contributed by atoms with Crippen molar-refractivity contribution in [2.45, 2.75) is 369 Å². The van der Waals surface area contributed by atoms with Crippen LogP contribution in [0.3, 0.4) is 0 Å². The molecule has 0 fully saturated rings. The van der Waals surface area contributed by atoms with Crippen LogP contribution in [0, 0.1) is 23.7 Å². The van der Waals surface area contributed by atoms with Crippen molar-refractivity contribution in [1.29, 1.82) is 0 Å². The van der Waals surface area contributed by atoms with E-state index in [-0.39, 0.29) is 25.7 Å². The van der Waals surface area contributed by atoms with E-state index in [9.17, 15) is 43.2 Å². The second-order valence-electron chi connectivity index (χ2n) is 27.1. The Morgan fingerprint density at radius 3 is 0.789 bits per heavy atom. The van der Waals surface area contributed by atoms with Gasteiger partial charge in [0.1, 0.15) is 19.3 Å². The minimum atomic E-state index is -4.95. The van der Waals surface area contributed by atoms with Gasteiger partial charge in [-0.3, -0.25) is 37.3 Å². The number of phosphoric acid groups is 2. The van der Waals surface area contributed by atoms with Gasteiger partial charge in [-0.15, -0.1) is 0 Å². The number of phosphoric ester groups is 2. The molecule has 0 heterocycles. The van der Waals surface area contributed by atoms with Crippen molar-refractivity contribution in [3.63, 3.8) is 0 Å². The molecule has 7 atom stereocenters. The number of hydrogen-bond acceptors (Lipinski definition) is 15. The number of unbranched alkanes of at least 4 members (excludes halogenated alkanes) is 32. The van der Waals surface area contributed by atoms with Crippen LogP contribution >= 0.6 is 15.6 Å². The number of ether oxygens (including phenoxy) is 4. The standard InChI is InChI=1S/C71H138O17P2/c1-9-63(7)49-41-33-23-21-19-17-15-13-11-12-14-16-18-20-22-24-37-45-53-70(75)87-66(57-81-68(73)51-43-35-28-25-31-39-47-61(3)4)59-85-89(77,78)83-55-65(72)56-84-90(79,80)86-60-67(58-82-69(74)52-44-36-29-26-32-40-48-62(5)6)88-71(76)54-46-38-30-27-34-42-50-64(8)10-2/h61-67,72H,9-60H2,1-8H3,(H,77,78)(H,79,80)/t63?,64?,65-,66-,67-/m1/s1. The average Bonchev–Trinajstić information content (AvgIpc) is 3.59. The number of carbonyl (C=O) groups excluding carboxylic acids is 4. The molecular weight excluding hydrogens is 1190 g/mol. The van der Waals surface area contributed by atoms with Crippen molar-refractivity contribution < 1.29 is 80.2 Å². The number of esters is 4. The summed E-state index contributed by atoms with van der Waals surface area (Å²) in [6.07, 6.45) is 43.6. The maximum atomic E-state index is 13.0. The van der Waals surface area contributed by atoms with Crippen LogP contribution < -0.4 is 0 Å². The van der Waals surface area contributed by atoms with E-state index in [4.69, 9.17) is 37.0 Å². The molecule has 0 spiro atoms. The molecule has 534 valence electrons. The monoisotopic (exact) mass is 1320 g/mol. The minimum Gasteiger partial charge on any atom is -0.462 e. The lowest BCUT2D eigenvalue weighted by Gasteiger charge is -2.21. The van der Waals surface area contributed by atoms with Crippen molar-refractivity contribution in [2.24, 2.45) is 23.7 Å². The molecule has 0 radical (unpaired) electrons. The lowest BCUT2D eigenvalue weighted by atomic mass is 9.99. The van der Waals surface area contributed by atoms with E-state index >= 15 is 0 Å². The lowest BCUT2D eigenvalue weighted by Crippen LogP contribution is -2.30. The van der Waals surface area contributed by atoms with Gasteiger partial charge >= 0.3 is 39.5 Å². The molecular formula is C71H138O17P2. The van der Waals surface area contributed by atoms with E-state index in [2.05, 4.69) is 55.4 Å². The summed E-state index contributed by atoms with van der Waals surface area (Å²) < 4.78 is 68.2. The lowest BCUT2D eigenvalue weighted by molar-refractivity contribution is -0.161. The second-order valence-corrected chi connectivity index (χ2v) is 30.0.